The summed E-state index contributed by atoms with van der Waals surface area (Å²) >= 11 is 0. The van der Waals surface area contributed by atoms with Crippen LogP contribution >= 0.6 is 15.1 Å². The van der Waals surface area contributed by atoms with Gasteiger partial charge >= 0.3 is 0 Å². The lowest BCUT2D eigenvalue weighted by Crippen LogP contribution is -2.25. The Morgan fingerprint density at radius 3 is 1.74 bits per heavy atom. The minimum absolute atomic E-state index is 0.782. The van der Waals surface area contributed by atoms with Gasteiger partial charge in [0.1, 0.15) is 5.65 Å². The van der Waals surface area contributed by atoms with Crippen LogP contribution in [0.15, 0.2) is 212 Å². The topological polar surface area (TPSA) is 47.3 Å². The van der Waals surface area contributed by atoms with Gasteiger partial charge in [0.25, 0.3) is 0 Å². The van der Waals surface area contributed by atoms with Crippen LogP contribution in [-0.2, 0) is 4.57 Å². The van der Waals surface area contributed by atoms with Crippen LogP contribution in [0, 0.1) is 0 Å². The highest BCUT2D eigenvalue weighted by molar-refractivity contribution is 7.85. The maximum Gasteiger partial charge on any atom is 0.171 e. The van der Waals surface area contributed by atoms with Gasteiger partial charge in [0.15, 0.2) is 7.14 Å². The number of nitrogens with zero attached hydrogens (tertiary/aromatic N) is 3. The fourth-order valence-corrected chi connectivity index (χ4v) is 13.5. The van der Waals surface area contributed by atoms with Gasteiger partial charge in [0.2, 0.25) is 0 Å². The first-order chi connectivity index (χ1) is 28.6. The van der Waals surface area contributed by atoms with E-state index >= 15 is 4.57 Å². The van der Waals surface area contributed by atoms with Crippen LogP contribution in [0.25, 0.3) is 60.4 Å². The Kier molecular flexibility index (Phi) is 8.36. The molecule has 274 valence electrons. The minimum Gasteiger partial charge on any atom is -0.309 e. The Labute approximate surface area is 337 Å². The SMILES string of the molecule is O=P(c1ccccc1)(c1ccccc1)c1ccc2c3ccc(P(c4ccccc4)c4ccccc4)cc3c3nc4ccc(-c5ccc6cccnc6c5)cc4n3c2c1. The van der Waals surface area contributed by atoms with E-state index in [1.165, 1.54) is 15.9 Å². The summed E-state index contributed by atoms with van der Waals surface area (Å²) in [5, 5.41) is 10.6. The quantitative estimate of drug-likeness (QED) is 0.120. The van der Waals surface area contributed by atoms with Crippen LogP contribution in [0.4, 0.5) is 0 Å². The number of aromatic nitrogens is 3. The molecular weight excluding hydrogens is 745 g/mol. The zero-order chi connectivity index (χ0) is 38.6. The second kappa shape index (κ2) is 14.0. The molecule has 0 aliphatic rings. The van der Waals surface area contributed by atoms with Gasteiger partial charge in [-0.25, -0.2) is 4.98 Å². The van der Waals surface area contributed by atoms with Crippen LogP contribution in [0.5, 0.6) is 0 Å². The van der Waals surface area contributed by atoms with Crippen molar-refractivity contribution >= 4 is 96.1 Å². The molecule has 4 nitrogen and oxygen atoms in total. The molecule has 0 aliphatic carbocycles. The summed E-state index contributed by atoms with van der Waals surface area (Å²) in [5.74, 6) is 0. The number of pyridine rings is 2. The van der Waals surface area contributed by atoms with Crippen LogP contribution in [-0.4, -0.2) is 14.4 Å². The average molecular weight is 780 g/mol. The molecule has 3 aromatic heterocycles. The van der Waals surface area contributed by atoms with Crippen molar-refractivity contribution in [2.45, 2.75) is 0 Å². The second-order valence-electron chi connectivity index (χ2n) is 14.6. The molecule has 0 fully saturated rings. The summed E-state index contributed by atoms with van der Waals surface area (Å²) in [4.78, 5) is 10.1. The Balaban J connectivity index is 1.22. The fraction of sp³-hybridized carbons (Fsp3) is 0. The minimum atomic E-state index is -3.27. The van der Waals surface area contributed by atoms with Gasteiger partial charge in [-0.05, 0) is 76.7 Å². The van der Waals surface area contributed by atoms with E-state index < -0.39 is 15.1 Å². The molecule has 0 radical (unpaired) electrons. The summed E-state index contributed by atoms with van der Waals surface area (Å²) in [7, 11) is -4.11. The summed E-state index contributed by atoms with van der Waals surface area (Å²) in [6, 6.07) is 71.9. The number of rotatable bonds is 7. The van der Waals surface area contributed by atoms with Gasteiger partial charge in [0, 0.05) is 38.3 Å². The molecule has 58 heavy (non-hydrogen) atoms. The van der Waals surface area contributed by atoms with Crippen LogP contribution in [0.3, 0.4) is 0 Å². The van der Waals surface area contributed by atoms with E-state index in [4.69, 9.17) is 4.98 Å². The van der Waals surface area contributed by atoms with E-state index in [2.05, 4.69) is 149 Å². The second-order valence-corrected chi connectivity index (χ2v) is 19.6. The highest BCUT2D eigenvalue weighted by Gasteiger charge is 2.30. The van der Waals surface area contributed by atoms with Crippen molar-refractivity contribution in [3.63, 3.8) is 0 Å². The molecule has 0 amide bonds. The maximum absolute atomic E-state index is 15.8. The lowest BCUT2D eigenvalue weighted by Gasteiger charge is -2.22. The standard InChI is InChI=1S/C52H35N3OP2/c56-58(42-19-9-3-10-20-42,43-21-11-4-12-22-43)44-27-29-46-45-28-26-41(57(39-15-5-1-6-16-39)40-17-7-2-8-18-40)34-47(45)52-54-48-30-25-38(33-51(48)55(52)50(46)35-44)37-24-23-36-14-13-31-53-49(36)32-37/h1-35H. The molecule has 0 unspecified atom stereocenters. The van der Waals surface area contributed by atoms with Crippen LogP contribution in [0.1, 0.15) is 0 Å². The molecule has 0 bridgehead atoms. The molecule has 6 heteroatoms. The highest BCUT2D eigenvalue weighted by atomic mass is 31.2. The molecule has 3 heterocycles. The van der Waals surface area contributed by atoms with Gasteiger partial charge in [-0.1, -0.05) is 170 Å². The summed E-state index contributed by atoms with van der Waals surface area (Å²) in [6.07, 6.45) is 1.84. The third-order valence-corrected chi connectivity index (χ3v) is 16.7. The van der Waals surface area contributed by atoms with Gasteiger partial charge in [-0.3, -0.25) is 9.38 Å². The van der Waals surface area contributed by atoms with E-state index in [1.807, 2.05) is 72.9 Å². The number of hydrogen-bond donors (Lipinski definition) is 0. The molecular formula is C52H35N3OP2. The van der Waals surface area contributed by atoms with E-state index in [1.54, 1.807) is 0 Å². The Bertz CT molecular complexity index is 3290. The summed E-state index contributed by atoms with van der Waals surface area (Å²) in [5.41, 5.74) is 6.85. The third kappa shape index (κ3) is 5.68. The monoisotopic (exact) mass is 779 g/mol. The first-order valence-corrected chi connectivity index (χ1v) is 22.5. The first-order valence-electron chi connectivity index (χ1n) is 19.4. The zero-order valence-electron chi connectivity index (χ0n) is 31.4. The van der Waals surface area contributed by atoms with Crippen LogP contribution < -0.4 is 31.8 Å². The highest BCUT2D eigenvalue weighted by Crippen LogP contribution is 2.44. The van der Waals surface area contributed by atoms with Gasteiger partial charge in [-0.15, -0.1) is 0 Å². The molecule has 0 saturated heterocycles. The molecule has 0 N–H and O–H groups in total. The fourth-order valence-electron chi connectivity index (χ4n) is 8.47. The molecule has 0 aliphatic heterocycles. The molecule has 0 saturated carbocycles. The lowest BCUT2D eigenvalue weighted by atomic mass is 10.0. The Hall–Kier alpha value is -6.70. The zero-order valence-corrected chi connectivity index (χ0v) is 33.1. The summed E-state index contributed by atoms with van der Waals surface area (Å²) in [6.45, 7) is 0. The predicted octanol–water partition coefficient (Wildman–Crippen LogP) is 10.4. The van der Waals surface area contributed by atoms with Gasteiger partial charge in [-0.2, -0.15) is 0 Å². The van der Waals surface area contributed by atoms with E-state index in [0.29, 0.717) is 0 Å². The largest absolute Gasteiger partial charge is 0.309 e. The Morgan fingerprint density at radius 2 is 1.05 bits per heavy atom. The van der Waals surface area contributed by atoms with Crippen molar-refractivity contribution in [1.82, 2.24) is 14.4 Å². The molecule has 11 rings (SSSR count). The summed E-state index contributed by atoms with van der Waals surface area (Å²) < 4.78 is 18.1. The van der Waals surface area contributed by atoms with Gasteiger partial charge in [0.05, 0.1) is 22.1 Å². The van der Waals surface area contributed by atoms with Crippen LogP contribution in [0.2, 0.25) is 0 Å². The average Bonchev–Trinajstić information content (AvgIpc) is 3.69. The maximum atomic E-state index is 15.8. The molecule has 0 atom stereocenters. The lowest BCUT2D eigenvalue weighted by molar-refractivity contribution is 0.592. The van der Waals surface area contributed by atoms with E-state index in [-0.39, 0.29) is 0 Å². The smallest absolute Gasteiger partial charge is 0.171 e. The molecule has 11 aromatic rings. The van der Waals surface area contributed by atoms with Crippen molar-refractivity contribution in [2.75, 3.05) is 0 Å². The number of benzene rings is 8. The van der Waals surface area contributed by atoms with Crippen molar-refractivity contribution in [1.29, 1.82) is 0 Å². The number of hydrogen-bond acceptors (Lipinski definition) is 3. The number of fused-ring (bicyclic) bond motifs is 9. The van der Waals surface area contributed by atoms with E-state index in [9.17, 15) is 0 Å². The van der Waals surface area contributed by atoms with E-state index in [0.717, 1.165) is 76.3 Å². The van der Waals surface area contributed by atoms with Crippen molar-refractivity contribution in [3.05, 3.63) is 212 Å². The van der Waals surface area contributed by atoms with Crippen molar-refractivity contribution < 1.29 is 4.57 Å². The number of imidazole rings is 1. The Morgan fingerprint density at radius 1 is 0.431 bits per heavy atom. The molecule has 8 aromatic carbocycles. The molecule has 0 spiro atoms. The normalized spacial score (nSPS) is 12.0. The van der Waals surface area contributed by atoms with Gasteiger partial charge < -0.3 is 4.57 Å². The van der Waals surface area contributed by atoms with Crippen molar-refractivity contribution in [3.8, 4) is 11.1 Å². The predicted molar refractivity (Wildman–Crippen MR) is 247 cm³/mol. The third-order valence-electron chi connectivity index (χ3n) is 11.2. The van der Waals surface area contributed by atoms with Crippen molar-refractivity contribution in [2.24, 2.45) is 0 Å². The first kappa shape index (κ1) is 34.5.